The van der Waals surface area contributed by atoms with Gasteiger partial charge < -0.3 is 34.6 Å². The fourth-order valence-corrected chi connectivity index (χ4v) is 5.27. The third-order valence-corrected chi connectivity index (χ3v) is 7.91. The maximum absolute atomic E-state index is 13.1. The summed E-state index contributed by atoms with van der Waals surface area (Å²) in [4.78, 5) is 19.8. The number of pyridine rings is 1. The Hall–Kier alpha value is -3.09. The van der Waals surface area contributed by atoms with Crippen molar-refractivity contribution >= 4 is 11.7 Å². The number of alkyl halides is 3. The molecule has 2 aliphatic rings. The highest BCUT2D eigenvalue weighted by Crippen LogP contribution is 2.47. The van der Waals surface area contributed by atoms with Crippen LogP contribution in [0.2, 0.25) is 0 Å². The lowest BCUT2D eigenvalue weighted by molar-refractivity contribution is -0.141. The lowest BCUT2D eigenvalue weighted by Crippen LogP contribution is -2.54. The second kappa shape index (κ2) is 10.8. The van der Waals surface area contributed by atoms with Crippen molar-refractivity contribution in [1.82, 2.24) is 9.88 Å². The molecule has 4 rings (SSSR count). The zero-order chi connectivity index (χ0) is 28.7. The molecule has 0 aliphatic carbocycles. The molecule has 0 spiro atoms. The van der Waals surface area contributed by atoms with Crippen molar-refractivity contribution in [1.29, 1.82) is 0 Å². The van der Waals surface area contributed by atoms with Crippen molar-refractivity contribution in [2.45, 2.75) is 51.2 Å². The van der Waals surface area contributed by atoms with Crippen LogP contribution in [0.4, 0.5) is 19.0 Å². The van der Waals surface area contributed by atoms with Crippen molar-refractivity contribution in [3.8, 4) is 11.5 Å². The van der Waals surface area contributed by atoms with E-state index in [2.05, 4.69) is 4.98 Å². The number of hydrogen-bond acceptors (Lipinski definition) is 8. The van der Waals surface area contributed by atoms with E-state index in [0.29, 0.717) is 30.4 Å². The van der Waals surface area contributed by atoms with Gasteiger partial charge in [-0.2, -0.15) is 13.2 Å². The first-order valence-corrected chi connectivity index (χ1v) is 12.7. The van der Waals surface area contributed by atoms with Crippen molar-refractivity contribution < 1.29 is 42.8 Å². The number of aryl methyl sites for hydroxylation is 1. The van der Waals surface area contributed by atoms with Crippen LogP contribution < -0.4 is 14.4 Å². The predicted octanol–water partition coefficient (Wildman–Crippen LogP) is 2.35. The largest absolute Gasteiger partial charge is 0.493 e. The van der Waals surface area contributed by atoms with E-state index in [9.17, 15) is 33.3 Å². The number of anilines is 1. The summed E-state index contributed by atoms with van der Waals surface area (Å²) in [7, 11) is 1.51. The molecule has 3 heterocycles. The zero-order valence-electron chi connectivity index (χ0n) is 22.3. The monoisotopic (exact) mass is 553 g/mol. The van der Waals surface area contributed by atoms with Gasteiger partial charge in [0.05, 0.1) is 38.5 Å². The third-order valence-electron chi connectivity index (χ3n) is 7.91. The lowest BCUT2D eigenvalue weighted by Gasteiger charge is -2.40. The Morgan fingerprint density at radius 2 is 1.90 bits per heavy atom. The van der Waals surface area contributed by atoms with E-state index in [0.717, 1.165) is 11.8 Å². The van der Waals surface area contributed by atoms with Gasteiger partial charge in [0.2, 0.25) is 0 Å². The normalized spacial score (nSPS) is 23.4. The Morgan fingerprint density at radius 1 is 1.21 bits per heavy atom. The topological polar surface area (TPSA) is 116 Å². The molecule has 2 aliphatic heterocycles. The highest BCUT2D eigenvalue weighted by molar-refractivity contribution is 5.81. The predicted molar refractivity (Wildman–Crippen MR) is 136 cm³/mol. The molecule has 0 saturated carbocycles. The molecule has 39 heavy (non-hydrogen) atoms. The molecule has 2 saturated heterocycles. The molecule has 0 bridgehead atoms. The van der Waals surface area contributed by atoms with Gasteiger partial charge in [0.25, 0.3) is 5.91 Å². The van der Waals surface area contributed by atoms with Crippen molar-refractivity contribution in [3.05, 3.63) is 47.2 Å². The Kier molecular flexibility index (Phi) is 8.02. The fourth-order valence-electron chi connectivity index (χ4n) is 5.27. The Bertz CT molecular complexity index is 1200. The summed E-state index contributed by atoms with van der Waals surface area (Å²) >= 11 is 0. The van der Waals surface area contributed by atoms with Crippen molar-refractivity contribution in [3.63, 3.8) is 0 Å². The van der Waals surface area contributed by atoms with Crippen LogP contribution in [0, 0.1) is 12.3 Å². The first kappa shape index (κ1) is 28.9. The average Bonchev–Trinajstić information content (AvgIpc) is 3.22. The van der Waals surface area contributed by atoms with Gasteiger partial charge in [0.15, 0.2) is 17.6 Å². The number of nitrogens with zero attached hydrogens (tertiary/aromatic N) is 3. The summed E-state index contributed by atoms with van der Waals surface area (Å²) in [5.74, 6) is 0.497. The maximum Gasteiger partial charge on any atom is 0.418 e. The molecule has 0 radical (unpaired) electrons. The van der Waals surface area contributed by atoms with Crippen LogP contribution in [0.25, 0.3) is 0 Å². The maximum atomic E-state index is 13.1. The highest BCUT2D eigenvalue weighted by atomic mass is 19.4. The van der Waals surface area contributed by atoms with Crippen LogP contribution in [0.5, 0.6) is 11.5 Å². The average molecular weight is 554 g/mol. The van der Waals surface area contributed by atoms with Crippen molar-refractivity contribution in [2.24, 2.45) is 5.41 Å². The Morgan fingerprint density at radius 3 is 2.46 bits per heavy atom. The number of halogens is 3. The van der Waals surface area contributed by atoms with E-state index in [-0.39, 0.29) is 30.7 Å². The molecule has 2 fully saturated rings. The van der Waals surface area contributed by atoms with Gasteiger partial charge >= 0.3 is 6.18 Å². The first-order chi connectivity index (χ1) is 18.3. The molecule has 0 unspecified atom stereocenters. The molecule has 214 valence electrons. The lowest BCUT2D eigenvalue weighted by atomic mass is 9.72. The van der Waals surface area contributed by atoms with E-state index >= 15 is 0 Å². The summed E-state index contributed by atoms with van der Waals surface area (Å²) in [5.41, 5.74) is -0.582. The molecule has 9 nitrogen and oxygen atoms in total. The van der Waals surface area contributed by atoms with Crippen LogP contribution in [-0.2, 0) is 11.0 Å². The standard InChI is InChI=1S/C27H34F3N3O6/c1-15-7-24(31-9-19(15)27(28,29)30)32-10-18(11-32)39-23-8-17(5-6-22(23)38-4)20-12-33(25(37)21(36)13-34)14-26(20,3)16(2)35/h5-9,16,18,20-21,34-36H,10-14H2,1-4H3/t16-,20+,21+,26+/m1/s1. The van der Waals surface area contributed by atoms with Crippen LogP contribution in [0.1, 0.15) is 36.5 Å². The molecule has 1 aromatic heterocycles. The SMILES string of the molecule is COc1ccc([C@@H]2CN(C(=O)[C@@H](O)CO)C[C@@]2(C)[C@@H](C)O)cc1OC1CN(c2cc(C)c(C(F)(F)F)cn2)C1. The molecule has 2 aromatic rings. The molecule has 4 atom stereocenters. The molecule has 1 aromatic carbocycles. The number of rotatable bonds is 8. The van der Waals surface area contributed by atoms with Gasteiger partial charge in [0, 0.05) is 30.6 Å². The number of hydrogen-bond donors (Lipinski definition) is 3. The Balaban J connectivity index is 1.50. The molecule has 3 N–H and O–H groups in total. The third kappa shape index (κ3) is 5.64. The quantitative estimate of drug-likeness (QED) is 0.457. The van der Waals surface area contributed by atoms with E-state index in [1.165, 1.54) is 25.0 Å². The van der Waals surface area contributed by atoms with Crippen molar-refractivity contribution in [2.75, 3.05) is 44.8 Å². The number of aromatic nitrogens is 1. The van der Waals surface area contributed by atoms with Crippen LogP contribution in [0.3, 0.4) is 0 Å². The molecular formula is C27H34F3N3O6. The second-order valence-corrected chi connectivity index (χ2v) is 10.6. The molecular weight excluding hydrogens is 519 g/mol. The first-order valence-electron chi connectivity index (χ1n) is 12.7. The summed E-state index contributed by atoms with van der Waals surface area (Å²) in [6, 6.07) is 6.81. The van der Waals surface area contributed by atoms with Crippen LogP contribution in [-0.4, -0.2) is 89.3 Å². The van der Waals surface area contributed by atoms with Gasteiger partial charge in [-0.25, -0.2) is 4.98 Å². The minimum absolute atomic E-state index is 0.1000. The number of carbonyl (C=O) groups is 1. The second-order valence-electron chi connectivity index (χ2n) is 10.6. The fraction of sp³-hybridized carbons (Fsp3) is 0.556. The number of carbonyl (C=O) groups excluding carboxylic acids is 1. The van der Waals surface area contributed by atoms with Gasteiger partial charge in [-0.3, -0.25) is 4.79 Å². The summed E-state index contributed by atoms with van der Waals surface area (Å²) in [6.07, 6.45) is -6.17. The van der Waals surface area contributed by atoms with E-state index in [4.69, 9.17) is 9.47 Å². The Labute approximate surface area is 224 Å². The van der Waals surface area contributed by atoms with Gasteiger partial charge in [-0.05, 0) is 43.2 Å². The number of methoxy groups -OCH3 is 1. The number of aliphatic hydroxyl groups excluding tert-OH is 3. The number of likely N-dealkylation sites (tertiary alicyclic amines) is 1. The van der Waals surface area contributed by atoms with E-state index in [1.807, 2.05) is 24.0 Å². The smallest absolute Gasteiger partial charge is 0.418 e. The van der Waals surface area contributed by atoms with Gasteiger partial charge in [-0.1, -0.05) is 13.0 Å². The minimum Gasteiger partial charge on any atom is -0.493 e. The zero-order valence-corrected chi connectivity index (χ0v) is 22.3. The van der Waals surface area contributed by atoms with E-state index in [1.54, 1.807) is 13.0 Å². The van der Waals surface area contributed by atoms with Gasteiger partial charge in [0.1, 0.15) is 11.9 Å². The van der Waals surface area contributed by atoms with Crippen LogP contribution >= 0.6 is 0 Å². The van der Waals surface area contributed by atoms with E-state index < -0.39 is 41.9 Å². The summed E-state index contributed by atoms with van der Waals surface area (Å²) in [5, 5.41) is 29.7. The summed E-state index contributed by atoms with van der Waals surface area (Å²) < 4.78 is 50.9. The minimum atomic E-state index is -4.45. The highest BCUT2D eigenvalue weighted by Gasteiger charge is 2.49. The number of aliphatic hydroxyl groups is 3. The number of amides is 1. The number of ether oxygens (including phenoxy) is 2. The summed E-state index contributed by atoms with van der Waals surface area (Å²) in [6.45, 7) is 5.51. The molecule has 12 heteroatoms. The number of benzene rings is 1. The van der Waals surface area contributed by atoms with Crippen LogP contribution in [0.15, 0.2) is 30.5 Å². The molecule has 1 amide bonds. The van der Waals surface area contributed by atoms with Gasteiger partial charge in [-0.15, -0.1) is 0 Å².